The Morgan fingerprint density at radius 3 is 2.57 bits per heavy atom. The van der Waals surface area contributed by atoms with Crippen molar-refractivity contribution in [2.75, 3.05) is 37.7 Å². The third-order valence-electron chi connectivity index (χ3n) is 4.52. The number of rotatable bonds is 6. The van der Waals surface area contributed by atoms with E-state index in [1.165, 1.54) is 0 Å². The molecule has 156 valence electrons. The molecule has 1 aromatic rings. The zero-order valence-corrected chi connectivity index (χ0v) is 17.4. The number of carbonyl (C=O) groups is 1. The van der Waals surface area contributed by atoms with E-state index in [4.69, 9.17) is 20.9 Å². The minimum atomic E-state index is -0.471. The van der Waals surface area contributed by atoms with E-state index in [-0.39, 0.29) is 6.09 Å². The number of aromatic nitrogens is 1. The Labute approximate surface area is 167 Å². The lowest BCUT2D eigenvalue weighted by atomic mass is 9.97. The lowest BCUT2D eigenvalue weighted by molar-refractivity contribution is 0.0185. The molecule has 8 heteroatoms. The van der Waals surface area contributed by atoms with Gasteiger partial charge in [-0.25, -0.2) is 9.78 Å². The van der Waals surface area contributed by atoms with Crippen molar-refractivity contribution in [3.63, 3.8) is 0 Å². The highest BCUT2D eigenvalue weighted by molar-refractivity contribution is 5.74. The number of hydrogen-bond acceptors (Lipinski definition) is 7. The minimum Gasteiger partial charge on any atom is -0.476 e. The largest absolute Gasteiger partial charge is 0.476 e. The Morgan fingerprint density at radius 1 is 1.36 bits per heavy atom. The molecule has 1 fully saturated rings. The molecule has 0 atom stereocenters. The number of anilines is 2. The van der Waals surface area contributed by atoms with E-state index >= 15 is 0 Å². The number of pyridine rings is 1. The molecule has 1 aliphatic rings. The van der Waals surface area contributed by atoms with Gasteiger partial charge in [0.05, 0.1) is 23.7 Å². The normalized spacial score (nSPS) is 15.2. The fourth-order valence-electron chi connectivity index (χ4n) is 2.96. The molecule has 0 saturated carbocycles. The summed E-state index contributed by atoms with van der Waals surface area (Å²) in [5.74, 6) is 0.763. The number of amides is 1. The van der Waals surface area contributed by atoms with E-state index < -0.39 is 5.60 Å². The molecule has 28 heavy (non-hydrogen) atoms. The van der Waals surface area contributed by atoms with Gasteiger partial charge in [0.1, 0.15) is 11.3 Å². The molecule has 1 aromatic heterocycles. The van der Waals surface area contributed by atoms with Crippen molar-refractivity contribution in [1.82, 2.24) is 15.2 Å². The van der Waals surface area contributed by atoms with Crippen molar-refractivity contribution in [1.29, 1.82) is 0 Å². The summed E-state index contributed by atoms with van der Waals surface area (Å²) < 4.78 is 10.9. The van der Waals surface area contributed by atoms with Crippen LogP contribution in [0.15, 0.2) is 12.6 Å². The van der Waals surface area contributed by atoms with Crippen molar-refractivity contribution < 1.29 is 14.3 Å². The van der Waals surface area contributed by atoms with E-state index in [1.54, 1.807) is 11.0 Å². The number of ether oxygens (including phenoxy) is 2. The lowest BCUT2D eigenvalue weighted by Gasteiger charge is -2.33. The summed E-state index contributed by atoms with van der Waals surface area (Å²) in [6.45, 7) is 14.1. The van der Waals surface area contributed by atoms with Crippen molar-refractivity contribution >= 4 is 23.2 Å². The molecule has 0 unspecified atom stereocenters. The number of carbonyl (C=O) groups excluding carboxylic acids is 1. The Hall–Kier alpha value is -2.64. The molecule has 5 N–H and O–H groups in total. The highest BCUT2D eigenvalue weighted by Gasteiger charge is 2.26. The van der Waals surface area contributed by atoms with E-state index in [0.29, 0.717) is 54.3 Å². The number of hydrogen-bond donors (Lipinski definition) is 3. The standard InChI is InChI=1S/C20H33N5O3/c1-6-27-18-17(22)15(21)11-16(24-18)13(2)23-12-14-7-9-25(10-8-14)19(26)28-20(3,4)5/h11,14,23H,2,6-10,12,22H2,1,3-5H3,(H2,21,24). The number of nitrogen functional groups attached to an aromatic ring is 2. The third-order valence-corrected chi connectivity index (χ3v) is 4.52. The van der Waals surface area contributed by atoms with Crippen LogP contribution < -0.4 is 21.5 Å². The first-order valence-corrected chi connectivity index (χ1v) is 9.70. The second-order valence-corrected chi connectivity index (χ2v) is 8.02. The molecule has 8 nitrogen and oxygen atoms in total. The molecular weight excluding hydrogens is 358 g/mol. The van der Waals surface area contributed by atoms with E-state index in [2.05, 4.69) is 16.9 Å². The van der Waals surface area contributed by atoms with Gasteiger partial charge >= 0.3 is 6.09 Å². The molecule has 0 aromatic carbocycles. The first-order valence-electron chi connectivity index (χ1n) is 9.70. The average molecular weight is 392 g/mol. The Bertz CT molecular complexity index is 707. The van der Waals surface area contributed by atoms with Gasteiger partial charge in [0, 0.05) is 19.6 Å². The number of nitrogens with zero attached hydrogens (tertiary/aromatic N) is 2. The Morgan fingerprint density at radius 2 is 2.00 bits per heavy atom. The summed E-state index contributed by atoms with van der Waals surface area (Å²) in [6, 6.07) is 1.69. The summed E-state index contributed by atoms with van der Waals surface area (Å²) in [7, 11) is 0. The number of nitrogens with one attached hydrogen (secondary N) is 1. The first kappa shape index (κ1) is 21.7. The van der Waals surface area contributed by atoms with E-state index in [9.17, 15) is 4.79 Å². The predicted molar refractivity (Wildman–Crippen MR) is 112 cm³/mol. The zero-order chi connectivity index (χ0) is 20.9. The number of likely N-dealkylation sites (tertiary alicyclic amines) is 1. The van der Waals surface area contributed by atoms with Gasteiger partial charge in [0.2, 0.25) is 5.88 Å². The summed E-state index contributed by atoms with van der Waals surface area (Å²) in [4.78, 5) is 18.3. The fourth-order valence-corrected chi connectivity index (χ4v) is 2.96. The van der Waals surface area contributed by atoms with Gasteiger partial charge < -0.3 is 31.2 Å². The van der Waals surface area contributed by atoms with Crippen molar-refractivity contribution in [3.05, 3.63) is 18.3 Å². The summed E-state index contributed by atoms with van der Waals surface area (Å²) in [5.41, 5.74) is 13.4. The molecule has 2 rings (SSSR count). The number of piperidine rings is 1. The Kier molecular flexibility index (Phi) is 6.99. The first-order chi connectivity index (χ1) is 13.1. The van der Waals surface area contributed by atoms with E-state index in [1.807, 2.05) is 27.7 Å². The molecule has 1 saturated heterocycles. The summed E-state index contributed by atoms with van der Waals surface area (Å²) in [6.07, 6.45) is 1.57. The SMILES string of the molecule is C=C(NCC1CCN(C(=O)OC(C)(C)C)CC1)c1cc(N)c(N)c(OCC)n1. The smallest absolute Gasteiger partial charge is 0.410 e. The van der Waals surface area contributed by atoms with Crippen LogP contribution in [0.4, 0.5) is 16.2 Å². The van der Waals surface area contributed by atoms with Gasteiger partial charge in [-0.15, -0.1) is 0 Å². The minimum absolute atomic E-state index is 0.242. The lowest BCUT2D eigenvalue weighted by Crippen LogP contribution is -2.43. The average Bonchev–Trinajstić information content (AvgIpc) is 2.62. The van der Waals surface area contributed by atoms with Gasteiger partial charge in [-0.05, 0) is 52.5 Å². The molecule has 1 aliphatic heterocycles. The highest BCUT2D eigenvalue weighted by atomic mass is 16.6. The second-order valence-electron chi connectivity index (χ2n) is 8.02. The van der Waals surface area contributed by atoms with Crippen LogP contribution in [0.25, 0.3) is 5.70 Å². The second kappa shape index (κ2) is 9.03. The third kappa shape index (κ3) is 5.94. The van der Waals surface area contributed by atoms with Crippen LogP contribution >= 0.6 is 0 Å². The van der Waals surface area contributed by atoms with Crippen LogP contribution in [0.3, 0.4) is 0 Å². The summed E-state index contributed by atoms with van der Waals surface area (Å²) >= 11 is 0. The molecule has 0 spiro atoms. The molecule has 0 radical (unpaired) electrons. The molecule has 1 amide bonds. The molecule has 0 aliphatic carbocycles. The van der Waals surface area contributed by atoms with Gasteiger partial charge in [0.25, 0.3) is 0 Å². The molecular formula is C20H33N5O3. The van der Waals surface area contributed by atoms with Crippen LogP contribution in [0.5, 0.6) is 5.88 Å². The van der Waals surface area contributed by atoms with Gasteiger partial charge in [-0.3, -0.25) is 0 Å². The quantitative estimate of drug-likeness (QED) is 0.683. The summed E-state index contributed by atoms with van der Waals surface area (Å²) in [5, 5.41) is 3.32. The molecule has 0 bridgehead atoms. The van der Waals surface area contributed by atoms with Crippen molar-refractivity contribution in [3.8, 4) is 5.88 Å². The maximum Gasteiger partial charge on any atom is 0.410 e. The van der Waals surface area contributed by atoms with E-state index in [0.717, 1.165) is 19.4 Å². The monoisotopic (exact) mass is 391 g/mol. The zero-order valence-electron chi connectivity index (χ0n) is 17.4. The van der Waals surface area contributed by atoms with Crippen LogP contribution in [-0.4, -0.2) is 47.8 Å². The maximum atomic E-state index is 12.1. The fraction of sp³-hybridized carbons (Fsp3) is 0.600. The van der Waals surface area contributed by atoms with Crippen LogP contribution in [0.1, 0.15) is 46.2 Å². The van der Waals surface area contributed by atoms with Crippen LogP contribution in [0, 0.1) is 5.92 Å². The van der Waals surface area contributed by atoms with Crippen molar-refractivity contribution in [2.24, 2.45) is 5.92 Å². The maximum absolute atomic E-state index is 12.1. The predicted octanol–water partition coefficient (Wildman–Crippen LogP) is 2.85. The topological polar surface area (TPSA) is 116 Å². The van der Waals surface area contributed by atoms with Gasteiger partial charge in [0.15, 0.2) is 0 Å². The Balaban J connectivity index is 1.85. The van der Waals surface area contributed by atoms with Crippen LogP contribution in [-0.2, 0) is 4.74 Å². The van der Waals surface area contributed by atoms with Crippen molar-refractivity contribution in [2.45, 2.75) is 46.1 Å². The van der Waals surface area contributed by atoms with Gasteiger partial charge in [-0.1, -0.05) is 6.58 Å². The van der Waals surface area contributed by atoms with Crippen LogP contribution in [0.2, 0.25) is 0 Å². The van der Waals surface area contributed by atoms with Gasteiger partial charge in [-0.2, -0.15) is 0 Å². The molecule has 2 heterocycles. The highest BCUT2D eigenvalue weighted by Crippen LogP contribution is 2.28. The number of nitrogens with two attached hydrogens (primary N) is 2.